The number of non-ortho nitro benzene ring substituents is 1. The minimum Gasteiger partial charge on any atom is -0.368 e. The number of hydrogen-bond acceptors (Lipinski definition) is 4. The maximum absolute atomic E-state index is 11.8. The Morgan fingerprint density at radius 2 is 1.90 bits per heavy atom. The van der Waals surface area contributed by atoms with Gasteiger partial charge in [0.1, 0.15) is 0 Å². The van der Waals surface area contributed by atoms with Gasteiger partial charge in [0.15, 0.2) is 0 Å². The predicted octanol–water partition coefficient (Wildman–Crippen LogP) is 1.61. The van der Waals surface area contributed by atoms with Crippen molar-refractivity contribution in [2.24, 2.45) is 0 Å². The van der Waals surface area contributed by atoms with Crippen LogP contribution in [0.25, 0.3) is 0 Å². The summed E-state index contributed by atoms with van der Waals surface area (Å²) in [4.78, 5) is 25.9. The smallest absolute Gasteiger partial charge is 0.317 e. The van der Waals surface area contributed by atoms with E-state index in [1.165, 1.54) is 12.1 Å². The van der Waals surface area contributed by atoms with Crippen molar-refractivity contribution in [1.82, 2.24) is 10.2 Å². The number of rotatable bonds is 4. The van der Waals surface area contributed by atoms with E-state index in [4.69, 9.17) is 0 Å². The Bertz CT molecular complexity index is 522. The first kappa shape index (κ1) is 14.8. The highest BCUT2D eigenvalue weighted by Crippen LogP contribution is 2.20. The number of nitro benzene ring substituents is 1. The fourth-order valence-corrected chi connectivity index (χ4v) is 2.22. The molecule has 0 spiro atoms. The molecule has 112 valence electrons. The molecule has 0 bridgehead atoms. The molecular weight excluding hydrogens is 272 g/mol. The van der Waals surface area contributed by atoms with Crippen LogP contribution in [0.2, 0.25) is 0 Å². The molecule has 1 N–H and O–H groups in total. The maximum atomic E-state index is 11.8. The van der Waals surface area contributed by atoms with Crippen molar-refractivity contribution in [2.45, 2.75) is 0 Å². The zero-order chi connectivity index (χ0) is 15.2. The van der Waals surface area contributed by atoms with Crippen molar-refractivity contribution in [3.8, 4) is 0 Å². The molecule has 0 aromatic heterocycles. The van der Waals surface area contributed by atoms with E-state index in [-0.39, 0.29) is 11.7 Å². The van der Waals surface area contributed by atoms with Crippen LogP contribution in [0, 0.1) is 10.1 Å². The molecule has 7 nitrogen and oxygen atoms in total. The summed E-state index contributed by atoms with van der Waals surface area (Å²) in [6.07, 6.45) is 1.64. The number of nitrogens with zero attached hydrogens (tertiary/aromatic N) is 3. The number of piperazine rings is 1. The summed E-state index contributed by atoms with van der Waals surface area (Å²) < 4.78 is 0. The van der Waals surface area contributed by atoms with E-state index < -0.39 is 4.92 Å². The fourth-order valence-electron chi connectivity index (χ4n) is 2.22. The zero-order valence-electron chi connectivity index (χ0n) is 11.7. The second kappa shape index (κ2) is 6.74. The average molecular weight is 290 g/mol. The minimum absolute atomic E-state index is 0.0844. The lowest BCUT2D eigenvalue weighted by Crippen LogP contribution is -2.51. The minimum atomic E-state index is -0.411. The van der Waals surface area contributed by atoms with Gasteiger partial charge in [0.25, 0.3) is 5.69 Å². The van der Waals surface area contributed by atoms with E-state index in [9.17, 15) is 14.9 Å². The molecule has 2 amide bonds. The van der Waals surface area contributed by atoms with E-state index in [1.54, 1.807) is 23.1 Å². The van der Waals surface area contributed by atoms with Crippen molar-refractivity contribution in [2.75, 3.05) is 37.6 Å². The Morgan fingerprint density at radius 3 is 2.43 bits per heavy atom. The van der Waals surface area contributed by atoms with Gasteiger partial charge >= 0.3 is 6.03 Å². The van der Waals surface area contributed by atoms with Gasteiger partial charge < -0.3 is 15.1 Å². The summed E-state index contributed by atoms with van der Waals surface area (Å²) >= 11 is 0. The Kier molecular flexibility index (Phi) is 4.76. The van der Waals surface area contributed by atoms with E-state index >= 15 is 0 Å². The molecule has 0 radical (unpaired) electrons. The molecule has 1 heterocycles. The zero-order valence-corrected chi connectivity index (χ0v) is 11.7. The Morgan fingerprint density at radius 1 is 1.29 bits per heavy atom. The van der Waals surface area contributed by atoms with Gasteiger partial charge in [-0.1, -0.05) is 6.08 Å². The lowest BCUT2D eigenvalue weighted by atomic mass is 10.2. The van der Waals surface area contributed by atoms with Crippen molar-refractivity contribution in [1.29, 1.82) is 0 Å². The quantitative estimate of drug-likeness (QED) is 0.519. The van der Waals surface area contributed by atoms with Gasteiger partial charge in [0.05, 0.1) is 4.92 Å². The first-order valence-electron chi connectivity index (χ1n) is 6.75. The first-order valence-corrected chi connectivity index (χ1v) is 6.75. The molecular formula is C14H18N4O3. The second-order valence-electron chi connectivity index (χ2n) is 4.72. The molecule has 1 aromatic carbocycles. The van der Waals surface area contributed by atoms with Crippen molar-refractivity contribution in [3.05, 3.63) is 47.0 Å². The summed E-state index contributed by atoms with van der Waals surface area (Å²) in [5, 5.41) is 13.4. The first-order chi connectivity index (χ1) is 10.1. The number of amides is 2. The molecule has 0 atom stereocenters. The fraction of sp³-hybridized carbons (Fsp3) is 0.357. The molecule has 0 saturated carbocycles. The number of nitrogens with one attached hydrogen (secondary N) is 1. The SMILES string of the molecule is C=CCNC(=O)N1CCN(c2ccc([N+](=O)[O-])cc2)CC1. The number of hydrogen-bond donors (Lipinski definition) is 1. The van der Waals surface area contributed by atoms with Crippen molar-refractivity contribution in [3.63, 3.8) is 0 Å². The van der Waals surface area contributed by atoms with Crippen LogP contribution in [-0.4, -0.2) is 48.6 Å². The molecule has 1 aliphatic heterocycles. The third-order valence-electron chi connectivity index (χ3n) is 3.39. The van der Waals surface area contributed by atoms with Crippen molar-refractivity contribution >= 4 is 17.4 Å². The average Bonchev–Trinajstić information content (AvgIpc) is 2.53. The number of urea groups is 1. The van der Waals surface area contributed by atoms with Crippen LogP contribution in [0.5, 0.6) is 0 Å². The van der Waals surface area contributed by atoms with E-state index in [1.807, 2.05) is 0 Å². The molecule has 1 saturated heterocycles. The highest BCUT2D eigenvalue weighted by molar-refractivity contribution is 5.74. The largest absolute Gasteiger partial charge is 0.368 e. The van der Waals surface area contributed by atoms with Crippen LogP contribution in [0.4, 0.5) is 16.2 Å². The van der Waals surface area contributed by atoms with Gasteiger partial charge in [-0.3, -0.25) is 10.1 Å². The lowest BCUT2D eigenvalue weighted by molar-refractivity contribution is -0.384. The number of anilines is 1. The molecule has 21 heavy (non-hydrogen) atoms. The van der Waals surface area contributed by atoms with Gasteiger partial charge in [-0.05, 0) is 12.1 Å². The van der Waals surface area contributed by atoms with E-state index in [2.05, 4.69) is 16.8 Å². The molecule has 2 rings (SSSR count). The molecule has 0 aliphatic carbocycles. The van der Waals surface area contributed by atoms with Gasteiger partial charge in [-0.15, -0.1) is 6.58 Å². The van der Waals surface area contributed by atoms with Gasteiger partial charge in [-0.2, -0.15) is 0 Å². The number of nitro groups is 1. The maximum Gasteiger partial charge on any atom is 0.317 e. The summed E-state index contributed by atoms with van der Waals surface area (Å²) in [6, 6.07) is 6.40. The van der Waals surface area contributed by atoms with Gasteiger partial charge in [-0.25, -0.2) is 4.79 Å². The monoisotopic (exact) mass is 290 g/mol. The Labute approximate surface area is 123 Å². The summed E-state index contributed by atoms with van der Waals surface area (Å²) in [6.45, 7) is 6.68. The Hall–Kier alpha value is -2.57. The standard InChI is InChI=1S/C14H18N4O3/c1-2-7-15-14(19)17-10-8-16(9-11-17)12-3-5-13(6-4-12)18(20)21/h2-6H,1,7-11H2,(H,15,19). The molecule has 7 heteroatoms. The normalized spacial score (nSPS) is 14.7. The van der Waals surface area contributed by atoms with E-state index in [0.717, 1.165) is 5.69 Å². The van der Waals surface area contributed by atoms with E-state index in [0.29, 0.717) is 32.7 Å². The Balaban J connectivity index is 1.90. The van der Waals surface area contributed by atoms with Crippen LogP contribution in [0.15, 0.2) is 36.9 Å². The highest BCUT2D eigenvalue weighted by Gasteiger charge is 2.21. The van der Waals surface area contributed by atoms with Crippen LogP contribution in [0.3, 0.4) is 0 Å². The van der Waals surface area contributed by atoms with Crippen molar-refractivity contribution < 1.29 is 9.72 Å². The predicted molar refractivity (Wildman–Crippen MR) is 80.5 cm³/mol. The molecule has 1 aromatic rings. The number of carbonyl (C=O) groups excluding carboxylic acids is 1. The van der Waals surface area contributed by atoms with Gasteiger partial charge in [0.2, 0.25) is 0 Å². The second-order valence-corrected chi connectivity index (χ2v) is 4.72. The van der Waals surface area contributed by atoms with Crippen LogP contribution >= 0.6 is 0 Å². The molecule has 0 unspecified atom stereocenters. The van der Waals surface area contributed by atoms with Gasteiger partial charge in [0, 0.05) is 50.5 Å². The lowest BCUT2D eigenvalue weighted by Gasteiger charge is -2.36. The van der Waals surface area contributed by atoms with Crippen LogP contribution in [0.1, 0.15) is 0 Å². The summed E-state index contributed by atoms with van der Waals surface area (Å²) in [5.41, 5.74) is 1.02. The van der Waals surface area contributed by atoms with Crippen LogP contribution in [-0.2, 0) is 0 Å². The third-order valence-corrected chi connectivity index (χ3v) is 3.39. The van der Waals surface area contributed by atoms with Crippen LogP contribution < -0.4 is 10.2 Å². The number of carbonyl (C=O) groups is 1. The third kappa shape index (κ3) is 3.71. The summed E-state index contributed by atoms with van der Waals surface area (Å²) in [5.74, 6) is 0. The number of benzene rings is 1. The molecule has 1 aliphatic rings. The summed E-state index contributed by atoms with van der Waals surface area (Å²) in [7, 11) is 0. The topological polar surface area (TPSA) is 78.7 Å². The molecule has 1 fully saturated rings. The highest BCUT2D eigenvalue weighted by atomic mass is 16.6.